The highest BCUT2D eigenvalue weighted by molar-refractivity contribution is 5.93. The molecule has 2 aromatic heterocycles. The summed E-state index contributed by atoms with van der Waals surface area (Å²) in [6.07, 6.45) is 5.41. The van der Waals surface area contributed by atoms with Gasteiger partial charge in [-0.1, -0.05) is 6.07 Å². The molecule has 3 aromatic rings. The Morgan fingerprint density at radius 2 is 2.23 bits per heavy atom. The van der Waals surface area contributed by atoms with Gasteiger partial charge < -0.3 is 10.3 Å². The second-order valence-corrected chi connectivity index (χ2v) is 4.86. The summed E-state index contributed by atoms with van der Waals surface area (Å²) in [6, 6.07) is 6.57. The molecule has 0 bridgehead atoms. The average molecular weight is 304 g/mol. The van der Waals surface area contributed by atoms with Crippen LogP contribution in [-0.2, 0) is 11.2 Å². The molecule has 0 spiro atoms. The predicted molar refractivity (Wildman–Crippen MR) is 78.7 cm³/mol. The number of aromatic nitrogens is 3. The van der Waals surface area contributed by atoms with Crippen molar-refractivity contribution in [1.29, 1.82) is 0 Å². The van der Waals surface area contributed by atoms with Gasteiger partial charge in [0.2, 0.25) is 5.91 Å². The molecule has 0 saturated carbocycles. The van der Waals surface area contributed by atoms with Crippen molar-refractivity contribution in [3.63, 3.8) is 0 Å². The SMILES string of the molecule is O=C(CCc1ncc[nH]1)Nc1ccc2ccn(C(F)F)c2c1. The van der Waals surface area contributed by atoms with Gasteiger partial charge in [-0.05, 0) is 23.6 Å². The number of carbonyl (C=O) groups is 1. The van der Waals surface area contributed by atoms with E-state index in [2.05, 4.69) is 15.3 Å². The molecule has 114 valence electrons. The highest BCUT2D eigenvalue weighted by Gasteiger charge is 2.11. The van der Waals surface area contributed by atoms with Crippen LogP contribution in [-0.4, -0.2) is 20.4 Å². The summed E-state index contributed by atoms with van der Waals surface area (Å²) in [4.78, 5) is 18.9. The van der Waals surface area contributed by atoms with Gasteiger partial charge >= 0.3 is 6.55 Å². The summed E-state index contributed by atoms with van der Waals surface area (Å²) < 4.78 is 26.6. The molecule has 0 atom stereocenters. The Bertz CT molecular complexity index is 780. The van der Waals surface area contributed by atoms with E-state index in [1.165, 1.54) is 6.20 Å². The number of halogens is 2. The van der Waals surface area contributed by atoms with Crippen LogP contribution in [0.15, 0.2) is 42.9 Å². The van der Waals surface area contributed by atoms with E-state index >= 15 is 0 Å². The fourth-order valence-electron chi connectivity index (χ4n) is 2.29. The molecule has 2 N–H and O–H groups in total. The Morgan fingerprint density at radius 1 is 1.36 bits per heavy atom. The number of imidazole rings is 1. The molecule has 0 aliphatic rings. The molecular formula is C15H14F2N4O. The molecule has 0 saturated heterocycles. The number of hydrogen-bond donors (Lipinski definition) is 2. The maximum atomic E-state index is 12.9. The molecule has 7 heteroatoms. The zero-order chi connectivity index (χ0) is 15.5. The van der Waals surface area contributed by atoms with Crippen molar-refractivity contribution >= 4 is 22.5 Å². The van der Waals surface area contributed by atoms with Gasteiger partial charge in [0, 0.05) is 37.1 Å². The third-order valence-electron chi connectivity index (χ3n) is 3.36. The first-order valence-electron chi connectivity index (χ1n) is 6.80. The number of hydrogen-bond acceptors (Lipinski definition) is 2. The van der Waals surface area contributed by atoms with Gasteiger partial charge in [0.1, 0.15) is 5.82 Å². The minimum absolute atomic E-state index is 0.189. The van der Waals surface area contributed by atoms with Crippen LogP contribution in [0.4, 0.5) is 14.5 Å². The summed E-state index contributed by atoms with van der Waals surface area (Å²) >= 11 is 0. The molecule has 0 radical (unpaired) electrons. The number of aryl methyl sites for hydroxylation is 1. The van der Waals surface area contributed by atoms with Crippen molar-refractivity contribution in [3.05, 3.63) is 48.7 Å². The molecular weight excluding hydrogens is 290 g/mol. The van der Waals surface area contributed by atoms with E-state index in [9.17, 15) is 13.6 Å². The number of rotatable bonds is 5. The fraction of sp³-hybridized carbons (Fsp3) is 0.200. The lowest BCUT2D eigenvalue weighted by molar-refractivity contribution is -0.116. The maximum absolute atomic E-state index is 12.9. The Hall–Kier alpha value is -2.70. The van der Waals surface area contributed by atoms with Gasteiger partial charge in [-0.2, -0.15) is 8.78 Å². The Kier molecular flexibility index (Phi) is 3.86. The quantitative estimate of drug-likeness (QED) is 0.759. The maximum Gasteiger partial charge on any atom is 0.319 e. The predicted octanol–water partition coefficient (Wildman–Crippen LogP) is 3.33. The third-order valence-corrected chi connectivity index (χ3v) is 3.36. The number of nitrogens with zero attached hydrogens (tertiary/aromatic N) is 2. The van der Waals surface area contributed by atoms with Crippen LogP contribution in [0.2, 0.25) is 0 Å². The summed E-state index contributed by atoms with van der Waals surface area (Å²) in [6.45, 7) is -2.61. The number of aromatic amines is 1. The Balaban J connectivity index is 1.70. The van der Waals surface area contributed by atoms with Crippen LogP contribution in [0.3, 0.4) is 0 Å². The normalized spacial score (nSPS) is 11.2. The van der Waals surface area contributed by atoms with Crippen molar-refractivity contribution in [2.75, 3.05) is 5.32 Å². The fourth-order valence-corrected chi connectivity index (χ4v) is 2.29. The lowest BCUT2D eigenvalue weighted by Crippen LogP contribution is -2.12. The van der Waals surface area contributed by atoms with Crippen molar-refractivity contribution in [1.82, 2.24) is 14.5 Å². The minimum atomic E-state index is -2.61. The molecule has 0 aliphatic carbocycles. The lowest BCUT2D eigenvalue weighted by Gasteiger charge is -2.07. The monoisotopic (exact) mass is 304 g/mol. The molecule has 0 unspecified atom stereocenters. The van der Waals surface area contributed by atoms with Gasteiger partial charge in [0.25, 0.3) is 0 Å². The number of amides is 1. The van der Waals surface area contributed by atoms with Gasteiger partial charge in [-0.15, -0.1) is 0 Å². The molecule has 1 amide bonds. The number of carbonyl (C=O) groups excluding carboxylic acids is 1. The van der Waals surface area contributed by atoms with Crippen molar-refractivity contribution in [2.45, 2.75) is 19.4 Å². The van der Waals surface area contributed by atoms with Crippen molar-refractivity contribution < 1.29 is 13.6 Å². The first-order valence-corrected chi connectivity index (χ1v) is 6.80. The first-order chi connectivity index (χ1) is 10.6. The molecule has 3 rings (SSSR count). The Morgan fingerprint density at radius 3 is 2.95 bits per heavy atom. The van der Waals surface area contributed by atoms with Crippen LogP contribution in [0.1, 0.15) is 18.8 Å². The second kappa shape index (κ2) is 5.97. The van der Waals surface area contributed by atoms with Gasteiger partial charge in [0.15, 0.2) is 0 Å². The standard InChI is InChI=1S/C15H14F2N4O/c16-15(17)21-8-5-10-1-2-11(9-12(10)21)20-14(22)4-3-13-18-6-7-19-13/h1-2,5-9,15H,3-4H2,(H,18,19)(H,20,22). The number of alkyl halides is 2. The highest BCUT2D eigenvalue weighted by Crippen LogP contribution is 2.25. The van der Waals surface area contributed by atoms with E-state index in [0.717, 1.165) is 10.4 Å². The summed E-state index contributed by atoms with van der Waals surface area (Å²) in [5.74, 6) is 0.545. The largest absolute Gasteiger partial charge is 0.349 e. The molecule has 0 aliphatic heterocycles. The third kappa shape index (κ3) is 2.98. The van der Waals surface area contributed by atoms with Crippen LogP contribution >= 0.6 is 0 Å². The molecule has 0 fully saturated rings. The van der Waals surface area contributed by atoms with Gasteiger partial charge in [-0.25, -0.2) is 4.98 Å². The van der Waals surface area contributed by atoms with Crippen molar-refractivity contribution in [3.8, 4) is 0 Å². The van der Waals surface area contributed by atoms with E-state index in [1.807, 2.05) is 0 Å². The summed E-state index contributed by atoms with van der Waals surface area (Å²) in [7, 11) is 0. The van der Waals surface area contributed by atoms with E-state index in [0.29, 0.717) is 23.0 Å². The van der Waals surface area contributed by atoms with Crippen molar-refractivity contribution in [2.24, 2.45) is 0 Å². The number of anilines is 1. The topological polar surface area (TPSA) is 62.7 Å². The van der Waals surface area contributed by atoms with E-state index in [1.54, 1.807) is 36.7 Å². The lowest BCUT2D eigenvalue weighted by atomic mass is 10.2. The highest BCUT2D eigenvalue weighted by atomic mass is 19.3. The molecule has 5 nitrogen and oxygen atoms in total. The smallest absolute Gasteiger partial charge is 0.319 e. The molecule has 2 heterocycles. The summed E-state index contributed by atoms with van der Waals surface area (Å²) in [5, 5.41) is 3.42. The number of H-pyrrole nitrogens is 1. The van der Waals surface area contributed by atoms with E-state index in [4.69, 9.17) is 0 Å². The van der Waals surface area contributed by atoms with Crippen LogP contribution < -0.4 is 5.32 Å². The average Bonchev–Trinajstić information content (AvgIpc) is 3.14. The number of nitrogens with one attached hydrogen (secondary N) is 2. The Labute approximate surface area is 125 Å². The number of fused-ring (bicyclic) bond motifs is 1. The van der Waals surface area contributed by atoms with Crippen LogP contribution in [0.25, 0.3) is 10.9 Å². The number of benzene rings is 1. The zero-order valence-electron chi connectivity index (χ0n) is 11.6. The van der Waals surface area contributed by atoms with Gasteiger partial charge in [-0.3, -0.25) is 9.36 Å². The molecule has 22 heavy (non-hydrogen) atoms. The van der Waals surface area contributed by atoms with E-state index in [-0.39, 0.29) is 12.3 Å². The van der Waals surface area contributed by atoms with Gasteiger partial charge in [0.05, 0.1) is 5.52 Å². The zero-order valence-corrected chi connectivity index (χ0v) is 11.6. The second-order valence-electron chi connectivity index (χ2n) is 4.86. The van der Waals surface area contributed by atoms with E-state index < -0.39 is 6.55 Å². The molecule has 1 aromatic carbocycles. The minimum Gasteiger partial charge on any atom is -0.349 e. The first kappa shape index (κ1) is 14.2. The summed E-state index contributed by atoms with van der Waals surface area (Å²) in [5.41, 5.74) is 0.886. The van der Waals surface area contributed by atoms with Crippen LogP contribution in [0, 0.1) is 0 Å². The van der Waals surface area contributed by atoms with Crippen LogP contribution in [0.5, 0.6) is 0 Å².